The van der Waals surface area contributed by atoms with E-state index in [1.807, 2.05) is 55.2 Å². The second-order valence-corrected chi connectivity index (χ2v) is 38.6. The smallest absolute Gasteiger partial charge is 0.410 e. The van der Waals surface area contributed by atoms with Crippen LogP contribution in [0.1, 0.15) is 180 Å². The lowest BCUT2D eigenvalue weighted by Crippen LogP contribution is -2.48. The van der Waals surface area contributed by atoms with Gasteiger partial charge in [0.2, 0.25) is 5.92 Å². The van der Waals surface area contributed by atoms with Crippen LogP contribution in [-0.2, 0) is 14.3 Å². The van der Waals surface area contributed by atoms with E-state index in [1.54, 1.807) is 73.4 Å². The summed E-state index contributed by atoms with van der Waals surface area (Å²) >= 11 is 24.8. The Morgan fingerprint density at radius 3 is 1.15 bits per heavy atom. The number of aromatic amines is 4. The van der Waals surface area contributed by atoms with Crippen molar-refractivity contribution in [1.82, 2.24) is 76.3 Å². The Hall–Kier alpha value is -7.94. The number of ether oxygens (including phenoxy) is 1. The summed E-state index contributed by atoms with van der Waals surface area (Å²) in [6, 6.07) is 13.2. The average Bonchev–Trinajstić information content (AvgIpc) is 1.33. The molecule has 116 heavy (non-hydrogen) atoms. The Labute approximate surface area is 693 Å². The van der Waals surface area contributed by atoms with E-state index >= 15 is 8.78 Å². The first-order chi connectivity index (χ1) is 54.3. The van der Waals surface area contributed by atoms with Crippen molar-refractivity contribution in [2.75, 3.05) is 71.0 Å². The number of aliphatic hydroxyl groups excluding tert-OH is 4. The van der Waals surface area contributed by atoms with Gasteiger partial charge in [0, 0.05) is 154 Å². The topological polar surface area (TPSA) is 339 Å². The summed E-state index contributed by atoms with van der Waals surface area (Å²) in [6.07, 6.45) is 14.5. The van der Waals surface area contributed by atoms with Crippen LogP contribution >= 0.6 is 46.4 Å². The van der Waals surface area contributed by atoms with Crippen molar-refractivity contribution in [3.63, 3.8) is 0 Å². The summed E-state index contributed by atoms with van der Waals surface area (Å²) in [6.45, 7) is 22.3. The number of aliphatic hydroxyl groups is 4. The number of allylic oxidation sites excluding steroid dienone is 3. The summed E-state index contributed by atoms with van der Waals surface area (Å²) in [4.78, 5) is 55.8. The second kappa shape index (κ2) is 37.1. The first-order valence-electron chi connectivity index (χ1n) is 39.1. The highest BCUT2D eigenvalue weighted by molar-refractivity contribution is 7.99. The van der Waals surface area contributed by atoms with Gasteiger partial charge in [-0.25, -0.2) is 36.7 Å². The lowest BCUT2D eigenvalue weighted by atomic mass is 9.68. The van der Waals surface area contributed by atoms with Crippen LogP contribution < -0.4 is 16.0 Å². The first kappa shape index (κ1) is 90.4. The number of nitrogens with zero attached hydrogens (tertiary/aromatic N) is 8. The van der Waals surface area contributed by atoms with E-state index in [0.29, 0.717) is 83.6 Å². The number of carbonyl (C=O) groups is 4. The lowest BCUT2D eigenvalue weighted by molar-refractivity contribution is -0.160. The van der Waals surface area contributed by atoms with E-state index in [4.69, 9.17) is 51.1 Å². The molecule has 0 spiro atoms. The monoisotopic (exact) mass is 1710 g/mol. The molecule has 25 nitrogen and oxygen atoms in total. The predicted octanol–water partition coefficient (Wildman–Crippen LogP) is 16.8. The Balaban J connectivity index is 0.000000163. The number of hydrogen-bond acceptors (Lipinski definition) is 14. The van der Waals surface area contributed by atoms with E-state index < -0.39 is 74.2 Å². The number of fused-ring (bicyclic) bond motifs is 4. The number of urea groups is 3. The van der Waals surface area contributed by atoms with Crippen molar-refractivity contribution < 1.29 is 66.1 Å². The molecule has 5 aliphatic rings. The molecule has 4 aromatic heterocycles. The van der Waals surface area contributed by atoms with Crippen molar-refractivity contribution in [3.8, 4) is 0 Å². The summed E-state index contributed by atoms with van der Waals surface area (Å²) in [5, 5.41) is 85.2. The maximum absolute atomic E-state index is 15.1. The van der Waals surface area contributed by atoms with Gasteiger partial charge in [0.25, 0.3) is 5.92 Å². The van der Waals surface area contributed by atoms with Gasteiger partial charge in [-0.2, -0.15) is 20.4 Å². The third-order valence-corrected chi connectivity index (χ3v) is 25.1. The SMILES string of the molecule is C=S(C)(=O)CNC(=O)N1CCC(C(C)(C)C(O)c2cc(Cl)cc3cn[nH]c23)CC1.CC(C)(C)OC(=O)N1CCC(C(F)(F)C(O)c2cc(Cl)cc3cn[nH]c23)CC1.CC(C)(C1CCN(C(=O)NC2=CC=CC2)CC1)C(O)c1cc(Cl)cc2cn[nH]c12.CC(F)(F)CCNC(=O)N1CCC(C(C)(C)C(O)c2cc(Cl)cc3cn[nH]c23)CC1. The number of halogens is 8. The van der Waals surface area contributed by atoms with Gasteiger partial charge >= 0.3 is 24.2 Å². The van der Waals surface area contributed by atoms with Gasteiger partial charge in [0.15, 0.2) is 0 Å². The second-order valence-electron chi connectivity index (χ2n) is 34.2. The maximum atomic E-state index is 15.1. The van der Waals surface area contributed by atoms with E-state index in [1.165, 1.54) is 23.4 Å². The largest absolute Gasteiger partial charge is 0.444 e. The van der Waals surface area contributed by atoms with Crippen LogP contribution in [0.5, 0.6) is 0 Å². The van der Waals surface area contributed by atoms with Crippen LogP contribution in [-0.4, -0.2) is 204 Å². The number of piperidine rings is 4. The highest BCUT2D eigenvalue weighted by atomic mass is 35.5. The molecule has 4 fully saturated rings. The minimum atomic E-state index is -3.39. The zero-order chi connectivity index (χ0) is 84.8. The fraction of sp³-hybridized carbons (Fsp3) is 0.549. The van der Waals surface area contributed by atoms with Crippen LogP contribution in [0, 0.1) is 39.9 Å². The number of hydrogen-bond donors (Lipinski definition) is 11. The third kappa shape index (κ3) is 22.3. The molecule has 34 heteroatoms. The summed E-state index contributed by atoms with van der Waals surface area (Å²) in [7, 11) is -2.26. The van der Waals surface area contributed by atoms with Gasteiger partial charge in [-0.15, -0.1) is 0 Å². The van der Waals surface area contributed by atoms with Gasteiger partial charge in [0.1, 0.15) is 11.7 Å². The molecule has 5 atom stereocenters. The maximum Gasteiger partial charge on any atom is 0.410 e. The van der Waals surface area contributed by atoms with Crippen molar-refractivity contribution in [3.05, 3.63) is 140 Å². The van der Waals surface area contributed by atoms with Crippen LogP contribution in [0.15, 0.2) is 97.2 Å². The molecule has 7 amide bonds. The van der Waals surface area contributed by atoms with E-state index in [2.05, 4.69) is 90.3 Å². The summed E-state index contributed by atoms with van der Waals surface area (Å²) < 4.78 is 73.0. The number of amides is 7. The van der Waals surface area contributed by atoms with Crippen molar-refractivity contribution in [2.24, 2.45) is 39.9 Å². The number of H-pyrrole nitrogens is 4. The molecule has 0 radical (unpaired) electrons. The molecule has 8 aromatic rings. The predicted molar refractivity (Wildman–Crippen MR) is 448 cm³/mol. The number of nitrogens with one attached hydrogen (secondary N) is 7. The molecule has 1 aliphatic carbocycles. The van der Waals surface area contributed by atoms with Crippen molar-refractivity contribution >= 4 is 130 Å². The number of likely N-dealkylation sites (tertiary alicyclic amines) is 4. The molecule has 11 N–H and O–H groups in total. The fourth-order valence-corrected chi connectivity index (χ4v) is 17.6. The number of carbonyl (C=O) groups excluding carboxylic acids is 4. The number of benzene rings is 4. The number of rotatable bonds is 18. The molecule has 4 aliphatic heterocycles. The van der Waals surface area contributed by atoms with E-state index in [0.717, 1.165) is 88.6 Å². The molecule has 0 saturated carbocycles. The Morgan fingerprint density at radius 2 is 0.828 bits per heavy atom. The van der Waals surface area contributed by atoms with Gasteiger partial charge in [-0.1, -0.05) is 100 Å². The highest BCUT2D eigenvalue weighted by Gasteiger charge is 2.50. The molecule has 4 saturated heterocycles. The number of aromatic nitrogens is 8. The molecule has 0 bridgehead atoms. The average molecular weight is 1710 g/mol. The summed E-state index contributed by atoms with van der Waals surface area (Å²) in [5.74, 6) is -2.94. The fourth-order valence-electron chi connectivity index (χ4n) is 16.2. The van der Waals surface area contributed by atoms with Crippen LogP contribution in [0.3, 0.4) is 0 Å². The van der Waals surface area contributed by atoms with Gasteiger partial charge in [-0.3, -0.25) is 24.6 Å². The Morgan fingerprint density at radius 1 is 0.509 bits per heavy atom. The van der Waals surface area contributed by atoms with Gasteiger partial charge in [-0.05, 0) is 183 Å². The zero-order valence-electron chi connectivity index (χ0n) is 67.4. The third-order valence-electron chi connectivity index (χ3n) is 23.4. The van der Waals surface area contributed by atoms with Gasteiger partial charge < -0.3 is 60.7 Å². The van der Waals surface area contributed by atoms with Crippen molar-refractivity contribution in [1.29, 1.82) is 0 Å². The normalized spacial score (nSPS) is 18.3. The Kier molecular flexibility index (Phi) is 28.9. The van der Waals surface area contributed by atoms with Crippen LogP contribution in [0.25, 0.3) is 43.6 Å². The molecular weight excluding hydrogens is 1600 g/mol. The minimum absolute atomic E-state index is 0.0135. The molecule has 634 valence electrons. The summed E-state index contributed by atoms with van der Waals surface area (Å²) in [5.41, 5.74) is 4.00. The molecule has 13 rings (SSSR count). The molecule has 5 unspecified atom stereocenters. The highest BCUT2D eigenvalue weighted by Crippen LogP contribution is 2.51. The van der Waals surface area contributed by atoms with Crippen LogP contribution in [0.4, 0.5) is 36.7 Å². The van der Waals surface area contributed by atoms with E-state index in [-0.39, 0.29) is 96.6 Å². The van der Waals surface area contributed by atoms with Gasteiger partial charge in [0.05, 0.1) is 71.0 Å². The first-order valence-corrected chi connectivity index (χ1v) is 42.9. The standard InChI is InChI=1S/C22H27ClN4O2.C21H29ClF2N4O2.C20H29ClN4O3S.C19H24ClF2N3O3/c1-22(2,20(28)18-12-16(23)11-14-13-24-26-19(14)18)15-7-9-27(10-8-15)21(29)25-17-5-3-4-6-17;1-20(2,18(29)16-11-15(22)10-13-12-26-27-17(13)16)14-4-8-28(9-5-14)19(30)25-7-6-21(3,23)24;1-20(2,18(26)16-10-15(21)9-13-11-23-24-17(13)16)14-5-7-25(8-6-14)19(27)22-12-29(3,4)28;1-18(2,3)28-17(27)25-6-4-12(5-7-25)19(21,22)16(26)14-9-13(20)8-11-10-23-24-15(11)14/h3-5,11-13,15,20,28H,6-10H2,1-2H3,(H,24,26)(H,25,29);10-12,14,18,29H,4-9H2,1-3H3,(H,25,30)(H,26,27);9-11,14,18,26H,3,5-8,12H2,1-2,4H3,(H,22,27)(H,23,24);8-10,12,16,26H,4-7H2,1-3H3,(H,23,24). The molecule has 8 heterocycles. The lowest BCUT2D eigenvalue weighted by Gasteiger charge is -2.43. The Bertz CT molecular complexity index is 4930. The van der Waals surface area contributed by atoms with E-state index in [9.17, 15) is 52.6 Å². The minimum Gasteiger partial charge on any atom is -0.444 e. The number of alkyl halides is 4. The zero-order valence-corrected chi connectivity index (χ0v) is 71.2. The molecule has 4 aromatic carbocycles. The molecular formula is C82H109Cl4F4N15O10S. The quantitative estimate of drug-likeness (QED) is 0.0281. The van der Waals surface area contributed by atoms with Crippen LogP contribution in [0.2, 0.25) is 20.1 Å². The van der Waals surface area contributed by atoms with Crippen molar-refractivity contribution in [2.45, 2.75) is 175 Å².